The number of anilines is 1. The fraction of sp³-hybridized carbons (Fsp3) is 0.0435. The highest BCUT2D eigenvalue weighted by atomic mass is 79.9. The number of aryl methyl sites for hydroxylation is 1. The molecule has 0 aliphatic rings. The lowest BCUT2D eigenvalue weighted by Gasteiger charge is -2.07. The molecule has 2 aromatic carbocycles. The van der Waals surface area contributed by atoms with E-state index in [-0.39, 0.29) is 28.5 Å². The molecule has 0 bridgehead atoms. The van der Waals surface area contributed by atoms with Crippen LogP contribution in [0.25, 0.3) is 5.52 Å². The normalized spacial score (nSPS) is 11.2. The first-order chi connectivity index (χ1) is 15.8. The highest BCUT2D eigenvalue weighted by Crippen LogP contribution is 2.33. The lowest BCUT2D eigenvalue weighted by molar-refractivity contribution is -0.384. The van der Waals surface area contributed by atoms with Crippen LogP contribution in [-0.4, -0.2) is 26.4 Å². The van der Waals surface area contributed by atoms with Crippen LogP contribution in [-0.2, 0) is 0 Å². The molecule has 33 heavy (non-hydrogen) atoms. The van der Waals surface area contributed by atoms with E-state index in [1.165, 1.54) is 24.4 Å². The summed E-state index contributed by atoms with van der Waals surface area (Å²) in [7, 11) is 0. The average Bonchev–Trinajstić information content (AvgIpc) is 3.12. The number of benzene rings is 2. The molecule has 2 aromatic heterocycles. The zero-order chi connectivity index (χ0) is 23.7. The van der Waals surface area contributed by atoms with Gasteiger partial charge < -0.3 is 9.51 Å². The van der Waals surface area contributed by atoms with Gasteiger partial charge in [0.05, 0.1) is 25.8 Å². The Balaban J connectivity index is 1.64. The number of aromatic nitrogens is 1. The second-order valence-electron chi connectivity index (χ2n) is 7.19. The molecule has 0 aliphatic heterocycles. The van der Waals surface area contributed by atoms with Gasteiger partial charge >= 0.3 is 0 Å². The molecular weight excluding hydrogens is 556 g/mol. The molecule has 4 rings (SSSR count). The van der Waals surface area contributed by atoms with Crippen LogP contribution in [0.4, 0.5) is 11.4 Å². The predicted molar refractivity (Wildman–Crippen MR) is 133 cm³/mol. The second kappa shape index (κ2) is 9.16. The standard InChI is InChI=1S/C23H16Br2N4O4/c1-13-8-16-4-2-3-7-28(16)21(13)22(30)15-5-6-19(20(11-15)29(32)33)27-26-12-14-9-17(24)23(31)18(25)10-14/h2-12,27,31H,1H3/b26-12-. The molecule has 0 saturated carbocycles. The summed E-state index contributed by atoms with van der Waals surface area (Å²) in [5.74, 6) is -0.252. The van der Waals surface area contributed by atoms with E-state index in [0.717, 1.165) is 11.1 Å². The third-order valence-corrected chi connectivity index (χ3v) is 6.19. The molecule has 0 amide bonds. The summed E-state index contributed by atoms with van der Waals surface area (Å²) in [5, 5.41) is 25.5. The van der Waals surface area contributed by atoms with Crippen LogP contribution < -0.4 is 5.43 Å². The number of carbonyl (C=O) groups excluding carboxylic acids is 1. The number of carbonyl (C=O) groups is 1. The zero-order valence-corrected chi connectivity index (χ0v) is 20.3. The van der Waals surface area contributed by atoms with Gasteiger partial charge in [-0.2, -0.15) is 5.10 Å². The number of hydrogen-bond acceptors (Lipinski definition) is 6. The molecule has 0 fully saturated rings. The van der Waals surface area contributed by atoms with Crippen molar-refractivity contribution in [2.45, 2.75) is 6.92 Å². The summed E-state index contributed by atoms with van der Waals surface area (Å²) in [6.45, 7) is 1.83. The smallest absolute Gasteiger partial charge is 0.294 e. The van der Waals surface area contributed by atoms with E-state index in [1.54, 1.807) is 22.7 Å². The number of phenolic OH excluding ortho intramolecular Hbond substituents is 1. The second-order valence-corrected chi connectivity index (χ2v) is 8.90. The van der Waals surface area contributed by atoms with Crippen LogP contribution in [0.1, 0.15) is 27.2 Å². The fourth-order valence-electron chi connectivity index (χ4n) is 3.44. The van der Waals surface area contributed by atoms with E-state index < -0.39 is 4.92 Å². The summed E-state index contributed by atoms with van der Waals surface area (Å²) in [4.78, 5) is 24.3. The summed E-state index contributed by atoms with van der Waals surface area (Å²) >= 11 is 6.47. The number of halogens is 2. The van der Waals surface area contributed by atoms with E-state index in [4.69, 9.17) is 0 Å². The number of hydrazone groups is 1. The number of nitro benzene ring substituents is 1. The zero-order valence-electron chi connectivity index (χ0n) is 17.1. The topological polar surface area (TPSA) is 109 Å². The van der Waals surface area contributed by atoms with Crippen LogP contribution in [0, 0.1) is 17.0 Å². The van der Waals surface area contributed by atoms with Gasteiger partial charge in [0.2, 0.25) is 5.78 Å². The maximum absolute atomic E-state index is 13.2. The SMILES string of the molecule is Cc1cc2ccccn2c1C(=O)c1ccc(N/N=C\c2cc(Br)c(O)c(Br)c2)c([N+](=O)[O-])c1. The number of nitrogens with one attached hydrogen (secondary N) is 1. The third kappa shape index (κ3) is 4.53. The van der Waals surface area contributed by atoms with E-state index in [2.05, 4.69) is 42.4 Å². The Hall–Kier alpha value is -3.50. The molecule has 2 N–H and O–H groups in total. The predicted octanol–water partition coefficient (Wildman–Crippen LogP) is 6.06. The first kappa shape index (κ1) is 22.7. The lowest BCUT2D eigenvalue weighted by atomic mass is 10.0. The Morgan fingerprint density at radius 2 is 1.88 bits per heavy atom. The number of nitro groups is 1. The van der Waals surface area contributed by atoms with Gasteiger partial charge in [-0.25, -0.2) is 0 Å². The van der Waals surface area contributed by atoms with E-state index in [0.29, 0.717) is 20.2 Å². The highest BCUT2D eigenvalue weighted by Gasteiger charge is 2.21. The minimum atomic E-state index is -0.564. The van der Waals surface area contributed by atoms with Crippen molar-refractivity contribution in [3.8, 4) is 5.75 Å². The number of hydrogen-bond donors (Lipinski definition) is 2. The molecule has 2 heterocycles. The number of pyridine rings is 1. The van der Waals surface area contributed by atoms with Gasteiger partial charge in [0, 0.05) is 23.3 Å². The van der Waals surface area contributed by atoms with E-state index in [1.807, 2.05) is 31.2 Å². The monoisotopic (exact) mass is 570 g/mol. The number of phenols is 1. The number of aromatic hydroxyl groups is 1. The van der Waals surface area contributed by atoms with Gasteiger partial charge in [-0.05, 0) is 92.4 Å². The van der Waals surface area contributed by atoms with Crippen molar-refractivity contribution in [2.75, 3.05) is 5.43 Å². The Kier molecular flexibility index (Phi) is 6.30. The van der Waals surface area contributed by atoms with E-state index in [9.17, 15) is 20.0 Å². The molecule has 0 aliphatic carbocycles. The Bertz CT molecular complexity index is 1420. The lowest BCUT2D eigenvalue weighted by Crippen LogP contribution is -2.08. The molecule has 0 radical (unpaired) electrons. The van der Waals surface area contributed by atoms with Gasteiger partial charge in [0.25, 0.3) is 5.69 Å². The van der Waals surface area contributed by atoms with Crippen LogP contribution in [0.2, 0.25) is 0 Å². The van der Waals surface area contributed by atoms with Gasteiger partial charge in [-0.15, -0.1) is 0 Å². The quantitative estimate of drug-likeness (QED) is 0.126. The summed E-state index contributed by atoms with van der Waals surface area (Å²) < 4.78 is 2.72. The molecule has 0 spiro atoms. The third-order valence-electron chi connectivity index (χ3n) is 4.98. The van der Waals surface area contributed by atoms with Crippen molar-refractivity contribution >= 4 is 60.7 Å². The van der Waals surface area contributed by atoms with Crippen LogP contribution in [0.15, 0.2) is 74.8 Å². The molecule has 0 atom stereocenters. The first-order valence-corrected chi connectivity index (χ1v) is 11.2. The van der Waals surface area contributed by atoms with Crippen molar-refractivity contribution in [1.29, 1.82) is 0 Å². The van der Waals surface area contributed by atoms with Gasteiger partial charge in [0.15, 0.2) is 0 Å². The summed E-state index contributed by atoms with van der Waals surface area (Å²) in [6, 6.07) is 15.0. The van der Waals surface area contributed by atoms with Crippen molar-refractivity contribution in [3.63, 3.8) is 0 Å². The summed E-state index contributed by atoms with van der Waals surface area (Å²) in [5.41, 5.74) is 5.48. The highest BCUT2D eigenvalue weighted by molar-refractivity contribution is 9.11. The number of rotatable bonds is 6. The van der Waals surface area contributed by atoms with Gasteiger partial charge in [0.1, 0.15) is 11.4 Å². The van der Waals surface area contributed by atoms with Crippen molar-refractivity contribution in [1.82, 2.24) is 4.40 Å². The maximum Gasteiger partial charge on any atom is 0.294 e. The Morgan fingerprint density at radius 1 is 1.15 bits per heavy atom. The maximum atomic E-state index is 13.2. The molecule has 0 unspecified atom stereocenters. The minimum Gasteiger partial charge on any atom is -0.506 e. The number of ketones is 1. The van der Waals surface area contributed by atoms with Crippen LogP contribution in [0.3, 0.4) is 0 Å². The molecule has 166 valence electrons. The van der Waals surface area contributed by atoms with E-state index >= 15 is 0 Å². The van der Waals surface area contributed by atoms with Gasteiger partial charge in [-0.1, -0.05) is 6.07 Å². The minimum absolute atomic E-state index is 0.0574. The average molecular weight is 572 g/mol. The molecule has 10 heteroatoms. The Morgan fingerprint density at radius 3 is 2.58 bits per heavy atom. The fourth-order valence-corrected chi connectivity index (χ4v) is 4.66. The van der Waals surface area contributed by atoms with Crippen molar-refractivity contribution in [3.05, 3.63) is 102 Å². The van der Waals surface area contributed by atoms with Crippen molar-refractivity contribution in [2.24, 2.45) is 5.10 Å². The Labute approximate surface area is 205 Å². The molecule has 8 nitrogen and oxygen atoms in total. The van der Waals surface area contributed by atoms with Crippen LogP contribution >= 0.6 is 31.9 Å². The van der Waals surface area contributed by atoms with Crippen molar-refractivity contribution < 1.29 is 14.8 Å². The van der Waals surface area contributed by atoms with Gasteiger partial charge in [-0.3, -0.25) is 20.3 Å². The first-order valence-electron chi connectivity index (χ1n) is 9.63. The largest absolute Gasteiger partial charge is 0.506 e. The number of nitrogens with zero attached hydrogens (tertiary/aromatic N) is 3. The number of fused-ring (bicyclic) bond motifs is 1. The summed E-state index contributed by atoms with van der Waals surface area (Å²) in [6.07, 6.45) is 3.24. The molecule has 4 aromatic rings. The molecular formula is C23H16Br2N4O4. The molecule has 0 saturated heterocycles. The van der Waals surface area contributed by atoms with Crippen LogP contribution in [0.5, 0.6) is 5.75 Å².